The third kappa shape index (κ3) is 10.8. The quantitative estimate of drug-likeness (QED) is 0.0659. The Morgan fingerprint density at radius 1 is 0.788 bits per heavy atom. The van der Waals surface area contributed by atoms with E-state index >= 15 is 0 Å². The number of pyridine rings is 1. The van der Waals surface area contributed by atoms with Crippen LogP contribution < -0.4 is 25.4 Å². The van der Waals surface area contributed by atoms with E-state index in [4.69, 9.17) is 14.2 Å². The fourth-order valence-electron chi connectivity index (χ4n) is 5.69. The van der Waals surface area contributed by atoms with Crippen molar-refractivity contribution in [3.8, 4) is 17.2 Å². The minimum atomic E-state index is -0.675. The van der Waals surface area contributed by atoms with Gasteiger partial charge in [0.2, 0.25) is 5.91 Å². The van der Waals surface area contributed by atoms with Crippen LogP contribution in [-0.2, 0) is 16.1 Å². The number of nitrogens with zero attached hydrogens (tertiary/aromatic N) is 1. The molecule has 1 heterocycles. The first-order valence-electron chi connectivity index (χ1n) is 17.6. The number of methoxy groups -OCH3 is 1. The highest BCUT2D eigenvalue weighted by atomic mass is 16.5. The second-order valence-electron chi connectivity index (χ2n) is 13.1. The van der Waals surface area contributed by atoms with E-state index in [1.807, 2.05) is 68.4 Å². The molecule has 0 bridgehead atoms. The molecule has 0 spiro atoms. The van der Waals surface area contributed by atoms with Crippen LogP contribution in [0.2, 0.25) is 0 Å². The van der Waals surface area contributed by atoms with Crippen LogP contribution in [0.1, 0.15) is 66.3 Å². The maximum Gasteiger partial charge on any atom is 0.338 e. The number of hydrogen-bond donors (Lipinski definition) is 3. The molecule has 1 unspecified atom stereocenters. The number of carbonyl (C=O) groups is 3. The predicted molar refractivity (Wildman–Crippen MR) is 203 cm³/mol. The summed E-state index contributed by atoms with van der Waals surface area (Å²) < 4.78 is 16.8. The van der Waals surface area contributed by atoms with E-state index in [9.17, 15) is 14.4 Å². The first kappa shape index (κ1) is 37.4. The minimum Gasteiger partial charge on any atom is -0.497 e. The zero-order chi connectivity index (χ0) is 36.9. The average Bonchev–Trinajstić information content (AvgIpc) is 3.16. The van der Waals surface area contributed by atoms with Crippen LogP contribution in [0.4, 0.5) is 5.69 Å². The highest BCUT2D eigenvalue weighted by Gasteiger charge is 2.22. The van der Waals surface area contributed by atoms with Gasteiger partial charge in [0.15, 0.2) is 0 Å². The Bertz CT molecular complexity index is 1930. The second-order valence-corrected chi connectivity index (χ2v) is 13.1. The highest BCUT2D eigenvalue weighted by Crippen LogP contribution is 2.28. The number of benzene rings is 4. The molecule has 2 atom stereocenters. The molecule has 2 amide bonds. The Morgan fingerprint density at radius 3 is 2.15 bits per heavy atom. The van der Waals surface area contributed by atoms with Crippen molar-refractivity contribution in [2.24, 2.45) is 5.92 Å². The van der Waals surface area contributed by atoms with Crippen LogP contribution in [0, 0.1) is 5.92 Å². The van der Waals surface area contributed by atoms with E-state index in [1.54, 1.807) is 61.8 Å². The van der Waals surface area contributed by atoms with Crippen molar-refractivity contribution >= 4 is 34.4 Å². The third-order valence-corrected chi connectivity index (χ3v) is 8.41. The molecular weight excluding hydrogens is 656 g/mol. The summed E-state index contributed by atoms with van der Waals surface area (Å²) in [6, 6.07) is 30.1. The standard InChI is InChI=1S/C42H46N4O6/c1-28(2)24-38(41(48)44-23-8-10-29(3)45-37-26-36(50-4)25-33-13-9-22-43-39(33)37)46-40(47)31-14-18-34(19-15-31)52-35-20-16-32(17-21-35)42(49)51-27-30-11-6-5-7-12-30/h5-7,9,11-22,25-26,28-29,38,45H,8,10,23-24,27H2,1-4H3,(H,44,48)(H,46,47)/t29?,38-/m0/s1. The van der Waals surface area contributed by atoms with Crippen molar-refractivity contribution in [2.75, 3.05) is 19.0 Å². The summed E-state index contributed by atoms with van der Waals surface area (Å²) in [7, 11) is 1.65. The summed E-state index contributed by atoms with van der Waals surface area (Å²) in [4.78, 5) is 43.4. The summed E-state index contributed by atoms with van der Waals surface area (Å²) in [6.07, 6.45) is 3.84. The first-order valence-corrected chi connectivity index (χ1v) is 17.6. The van der Waals surface area contributed by atoms with Crippen LogP contribution in [0.3, 0.4) is 0 Å². The molecule has 10 heteroatoms. The molecule has 10 nitrogen and oxygen atoms in total. The van der Waals surface area contributed by atoms with E-state index in [1.165, 1.54) is 0 Å². The molecular formula is C42H46N4O6. The van der Waals surface area contributed by atoms with Crippen molar-refractivity contribution in [3.63, 3.8) is 0 Å². The van der Waals surface area contributed by atoms with E-state index in [-0.39, 0.29) is 30.4 Å². The number of nitrogens with one attached hydrogen (secondary N) is 3. The van der Waals surface area contributed by atoms with Crippen molar-refractivity contribution in [1.29, 1.82) is 0 Å². The van der Waals surface area contributed by atoms with Crippen molar-refractivity contribution in [1.82, 2.24) is 15.6 Å². The molecule has 5 rings (SSSR count). The summed E-state index contributed by atoms with van der Waals surface area (Å²) in [5, 5.41) is 10.5. The molecule has 0 aliphatic rings. The van der Waals surface area contributed by atoms with E-state index in [2.05, 4.69) is 27.9 Å². The second kappa shape index (κ2) is 18.4. The number of carbonyl (C=O) groups excluding carboxylic acids is 3. The van der Waals surface area contributed by atoms with Crippen LogP contribution in [0.25, 0.3) is 10.9 Å². The van der Waals surface area contributed by atoms with Crippen molar-refractivity contribution in [3.05, 3.63) is 126 Å². The molecule has 0 aliphatic carbocycles. The van der Waals surface area contributed by atoms with Gasteiger partial charge < -0.3 is 30.2 Å². The van der Waals surface area contributed by atoms with Gasteiger partial charge in [-0.25, -0.2) is 4.79 Å². The summed E-state index contributed by atoms with van der Waals surface area (Å²) in [5.41, 5.74) is 3.51. The Balaban J connectivity index is 1.08. The number of esters is 1. The largest absolute Gasteiger partial charge is 0.497 e. The molecule has 0 fully saturated rings. The van der Waals surface area contributed by atoms with Gasteiger partial charge in [-0.3, -0.25) is 14.6 Å². The molecule has 0 saturated carbocycles. The Kier molecular flexibility index (Phi) is 13.2. The third-order valence-electron chi connectivity index (χ3n) is 8.41. The summed E-state index contributed by atoms with van der Waals surface area (Å²) >= 11 is 0. The van der Waals surface area contributed by atoms with Gasteiger partial charge in [-0.2, -0.15) is 0 Å². The molecule has 5 aromatic rings. The van der Waals surface area contributed by atoms with Gasteiger partial charge in [-0.05, 0) is 98.3 Å². The van der Waals surface area contributed by atoms with Gasteiger partial charge in [-0.15, -0.1) is 0 Å². The van der Waals surface area contributed by atoms with Gasteiger partial charge >= 0.3 is 5.97 Å². The summed E-state index contributed by atoms with van der Waals surface area (Å²) in [6.45, 7) is 6.80. The number of rotatable bonds is 17. The number of anilines is 1. The van der Waals surface area contributed by atoms with Gasteiger partial charge in [0.05, 0.1) is 23.9 Å². The molecule has 270 valence electrons. The van der Waals surface area contributed by atoms with Gasteiger partial charge in [0.25, 0.3) is 5.91 Å². The van der Waals surface area contributed by atoms with E-state index in [0.29, 0.717) is 35.6 Å². The molecule has 0 radical (unpaired) electrons. The molecule has 0 saturated heterocycles. The predicted octanol–water partition coefficient (Wildman–Crippen LogP) is 7.93. The van der Waals surface area contributed by atoms with Crippen molar-refractivity contribution < 1.29 is 28.6 Å². The smallest absolute Gasteiger partial charge is 0.338 e. The SMILES string of the molecule is COc1cc(NC(C)CCCNC(=O)[C@H](CC(C)C)NC(=O)c2ccc(Oc3ccc(C(=O)OCc4ccccc4)cc3)cc2)c2ncccc2c1. The number of fused-ring (bicyclic) bond motifs is 1. The van der Waals surface area contributed by atoms with E-state index in [0.717, 1.165) is 40.7 Å². The normalized spacial score (nSPS) is 12.1. The molecule has 4 aromatic carbocycles. The van der Waals surface area contributed by atoms with Crippen LogP contribution in [0.15, 0.2) is 109 Å². The van der Waals surface area contributed by atoms with Crippen LogP contribution >= 0.6 is 0 Å². The fraction of sp³-hybridized carbons (Fsp3) is 0.286. The highest BCUT2D eigenvalue weighted by molar-refractivity contribution is 5.97. The van der Waals surface area contributed by atoms with Gasteiger partial charge in [0, 0.05) is 35.8 Å². The Hall–Kier alpha value is -5.90. The lowest BCUT2D eigenvalue weighted by Gasteiger charge is -2.21. The lowest BCUT2D eigenvalue weighted by molar-refractivity contribution is -0.123. The molecule has 3 N–H and O–H groups in total. The average molecular weight is 703 g/mol. The topological polar surface area (TPSA) is 128 Å². The van der Waals surface area contributed by atoms with E-state index < -0.39 is 12.0 Å². The van der Waals surface area contributed by atoms with Crippen molar-refractivity contribution in [2.45, 2.75) is 58.7 Å². The van der Waals surface area contributed by atoms with Crippen LogP contribution in [0.5, 0.6) is 17.2 Å². The zero-order valence-corrected chi connectivity index (χ0v) is 30.1. The monoisotopic (exact) mass is 702 g/mol. The molecule has 52 heavy (non-hydrogen) atoms. The summed E-state index contributed by atoms with van der Waals surface area (Å²) in [5.74, 6) is 1.02. The Labute approximate surface area is 304 Å². The maximum atomic E-state index is 13.2. The zero-order valence-electron chi connectivity index (χ0n) is 30.1. The molecule has 0 aliphatic heterocycles. The lowest BCUT2D eigenvalue weighted by atomic mass is 10.0. The Morgan fingerprint density at radius 2 is 1.48 bits per heavy atom. The number of ether oxygens (including phenoxy) is 3. The number of hydrogen-bond acceptors (Lipinski definition) is 8. The minimum absolute atomic E-state index is 0.126. The number of amides is 2. The fourth-order valence-corrected chi connectivity index (χ4v) is 5.69. The van der Waals surface area contributed by atoms with Gasteiger partial charge in [-0.1, -0.05) is 50.2 Å². The first-order chi connectivity index (χ1) is 25.2. The van der Waals surface area contributed by atoms with Gasteiger partial charge in [0.1, 0.15) is 29.9 Å². The molecule has 1 aromatic heterocycles. The van der Waals surface area contributed by atoms with Crippen LogP contribution in [-0.4, -0.2) is 48.5 Å². The number of aromatic nitrogens is 1. The lowest BCUT2D eigenvalue weighted by Crippen LogP contribution is -2.47. The maximum absolute atomic E-state index is 13.2.